The number of aromatic nitrogens is 2. The molecule has 0 spiro atoms. The van der Waals surface area contributed by atoms with Crippen molar-refractivity contribution in [2.75, 3.05) is 31.1 Å². The van der Waals surface area contributed by atoms with Crippen molar-refractivity contribution in [1.29, 1.82) is 0 Å². The highest BCUT2D eigenvalue weighted by atomic mass is 32.1. The SMILES string of the molecule is Cc1ccsc1-c1nnc(CC(=O)N2CCN(c3ccccc3)CC2)o1. The molecule has 1 fully saturated rings. The molecule has 0 radical (unpaired) electrons. The Morgan fingerprint density at radius 2 is 1.88 bits per heavy atom. The van der Waals surface area contributed by atoms with Gasteiger partial charge in [0.1, 0.15) is 6.42 Å². The molecule has 0 bridgehead atoms. The number of para-hydroxylation sites is 1. The largest absolute Gasteiger partial charge is 0.419 e. The summed E-state index contributed by atoms with van der Waals surface area (Å²) in [5.41, 5.74) is 2.31. The Balaban J connectivity index is 1.35. The molecule has 1 amide bonds. The van der Waals surface area contributed by atoms with Crippen LogP contribution in [0.2, 0.25) is 0 Å². The van der Waals surface area contributed by atoms with Gasteiger partial charge in [-0.05, 0) is 36.1 Å². The molecular weight excluding hydrogens is 348 g/mol. The molecule has 134 valence electrons. The van der Waals surface area contributed by atoms with Crippen LogP contribution in [0.15, 0.2) is 46.2 Å². The van der Waals surface area contributed by atoms with Crippen LogP contribution in [-0.2, 0) is 11.2 Å². The maximum atomic E-state index is 12.6. The van der Waals surface area contributed by atoms with Gasteiger partial charge in [-0.15, -0.1) is 21.5 Å². The van der Waals surface area contributed by atoms with Crippen LogP contribution in [0.25, 0.3) is 10.8 Å². The van der Waals surface area contributed by atoms with E-state index in [2.05, 4.69) is 27.2 Å². The number of aryl methyl sites for hydroxylation is 1. The summed E-state index contributed by atoms with van der Waals surface area (Å²) in [5.74, 6) is 0.910. The van der Waals surface area contributed by atoms with Gasteiger partial charge in [-0.3, -0.25) is 4.79 Å². The molecule has 0 atom stereocenters. The lowest BCUT2D eigenvalue weighted by molar-refractivity contribution is -0.131. The van der Waals surface area contributed by atoms with Gasteiger partial charge in [0.15, 0.2) is 0 Å². The Morgan fingerprint density at radius 1 is 1.12 bits per heavy atom. The second-order valence-corrected chi connectivity index (χ2v) is 7.23. The lowest BCUT2D eigenvalue weighted by Crippen LogP contribution is -2.49. The van der Waals surface area contributed by atoms with Crippen LogP contribution in [0.5, 0.6) is 0 Å². The van der Waals surface area contributed by atoms with E-state index in [4.69, 9.17) is 4.42 Å². The minimum atomic E-state index is 0.0378. The van der Waals surface area contributed by atoms with E-state index in [1.165, 1.54) is 5.69 Å². The molecule has 0 saturated carbocycles. The molecule has 0 unspecified atom stereocenters. The van der Waals surface area contributed by atoms with Gasteiger partial charge in [0.25, 0.3) is 5.89 Å². The van der Waals surface area contributed by atoms with E-state index in [1.54, 1.807) is 11.3 Å². The topological polar surface area (TPSA) is 62.5 Å². The van der Waals surface area contributed by atoms with Gasteiger partial charge < -0.3 is 14.2 Å². The quantitative estimate of drug-likeness (QED) is 0.708. The van der Waals surface area contributed by atoms with Gasteiger partial charge >= 0.3 is 0 Å². The van der Waals surface area contributed by atoms with Gasteiger partial charge in [-0.2, -0.15) is 0 Å². The summed E-state index contributed by atoms with van der Waals surface area (Å²) < 4.78 is 5.69. The molecular formula is C19H20N4O2S. The van der Waals surface area contributed by atoms with Crippen LogP contribution in [0.3, 0.4) is 0 Å². The predicted molar refractivity (Wildman–Crippen MR) is 101 cm³/mol. The lowest BCUT2D eigenvalue weighted by Gasteiger charge is -2.36. The second-order valence-electron chi connectivity index (χ2n) is 6.31. The highest BCUT2D eigenvalue weighted by molar-refractivity contribution is 7.13. The molecule has 4 rings (SSSR count). The van der Waals surface area contributed by atoms with Crippen molar-refractivity contribution in [3.63, 3.8) is 0 Å². The van der Waals surface area contributed by atoms with Crippen molar-refractivity contribution in [3.8, 4) is 10.8 Å². The number of hydrogen-bond acceptors (Lipinski definition) is 6. The number of amides is 1. The lowest BCUT2D eigenvalue weighted by atomic mass is 10.2. The third-order valence-corrected chi connectivity index (χ3v) is 5.58. The molecule has 0 N–H and O–H groups in total. The van der Waals surface area contributed by atoms with Crippen molar-refractivity contribution >= 4 is 22.9 Å². The number of carbonyl (C=O) groups excluding carboxylic acids is 1. The Morgan fingerprint density at radius 3 is 2.58 bits per heavy atom. The third kappa shape index (κ3) is 3.48. The Kier molecular flexibility index (Phi) is 4.71. The van der Waals surface area contributed by atoms with Crippen LogP contribution >= 0.6 is 11.3 Å². The molecule has 1 aliphatic rings. The average molecular weight is 368 g/mol. The number of hydrogen-bond donors (Lipinski definition) is 0. The van der Waals surface area contributed by atoms with Gasteiger partial charge in [0, 0.05) is 31.9 Å². The first-order chi connectivity index (χ1) is 12.7. The fourth-order valence-corrected chi connectivity index (χ4v) is 3.95. The smallest absolute Gasteiger partial charge is 0.258 e. The molecule has 6 nitrogen and oxygen atoms in total. The molecule has 1 aliphatic heterocycles. The summed E-state index contributed by atoms with van der Waals surface area (Å²) >= 11 is 1.56. The highest BCUT2D eigenvalue weighted by Gasteiger charge is 2.23. The molecule has 1 aromatic carbocycles. The number of nitrogens with zero attached hydrogens (tertiary/aromatic N) is 4. The molecule has 3 aromatic rings. The van der Waals surface area contributed by atoms with E-state index in [-0.39, 0.29) is 12.3 Å². The minimum absolute atomic E-state index is 0.0378. The van der Waals surface area contributed by atoms with Gasteiger partial charge in [0.05, 0.1) is 4.88 Å². The third-order valence-electron chi connectivity index (χ3n) is 4.58. The van der Waals surface area contributed by atoms with Crippen LogP contribution in [0.4, 0.5) is 5.69 Å². The monoisotopic (exact) mass is 368 g/mol. The first kappa shape index (κ1) is 16.8. The van der Waals surface area contributed by atoms with Crippen molar-refractivity contribution in [2.24, 2.45) is 0 Å². The maximum absolute atomic E-state index is 12.6. The fraction of sp³-hybridized carbons (Fsp3) is 0.316. The molecule has 7 heteroatoms. The van der Waals surface area contributed by atoms with Gasteiger partial charge in [-0.25, -0.2) is 0 Å². The maximum Gasteiger partial charge on any atom is 0.258 e. The second kappa shape index (κ2) is 7.29. The first-order valence-corrected chi connectivity index (χ1v) is 9.53. The summed E-state index contributed by atoms with van der Waals surface area (Å²) in [7, 11) is 0. The fourth-order valence-electron chi connectivity index (χ4n) is 3.10. The summed E-state index contributed by atoms with van der Waals surface area (Å²) in [6.07, 6.45) is 0.156. The van der Waals surface area contributed by atoms with Crippen LogP contribution in [0, 0.1) is 6.92 Å². The molecule has 3 heterocycles. The molecule has 0 aliphatic carbocycles. The van der Waals surface area contributed by atoms with Crippen molar-refractivity contribution in [3.05, 3.63) is 53.2 Å². The molecule has 26 heavy (non-hydrogen) atoms. The molecule has 2 aromatic heterocycles. The number of rotatable bonds is 4. The van der Waals surface area contributed by atoms with E-state index >= 15 is 0 Å². The van der Waals surface area contributed by atoms with Crippen LogP contribution in [0.1, 0.15) is 11.5 Å². The normalized spacial score (nSPS) is 14.7. The number of thiophene rings is 1. The van der Waals surface area contributed by atoms with Crippen molar-refractivity contribution < 1.29 is 9.21 Å². The van der Waals surface area contributed by atoms with Crippen molar-refractivity contribution in [2.45, 2.75) is 13.3 Å². The van der Waals surface area contributed by atoms with E-state index in [0.29, 0.717) is 24.9 Å². The summed E-state index contributed by atoms with van der Waals surface area (Å²) in [4.78, 5) is 17.7. The predicted octanol–water partition coefficient (Wildman–Crippen LogP) is 3.00. The Labute approximate surface area is 156 Å². The summed E-state index contributed by atoms with van der Waals surface area (Å²) in [6, 6.07) is 12.3. The molecule has 1 saturated heterocycles. The van der Waals surface area contributed by atoms with Gasteiger partial charge in [-0.1, -0.05) is 18.2 Å². The zero-order chi connectivity index (χ0) is 17.9. The highest BCUT2D eigenvalue weighted by Crippen LogP contribution is 2.27. The van der Waals surface area contributed by atoms with Gasteiger partial charge in [0.2, 0.25) is 11.8 Å². The van der Waals surface area contributed by atoms with E-state index in [1.807, 2.05) is 41.5 Å². The average Bonchev–Trinajstić information content (AvgIpc) is 3.31. The van der Waals surface area contributed by atoms with E-state index in [9.17, 15) is 4.79 Å². The Hall–Kier alpha value is -2.67. The Bertz CT molecular complexity index is 882. The van der Waals surface area contributed by atoms with E-state index < -0.39 is 0 Å². The zero-order valence-corrected chi connectivity index (χ0v) is 15.4. The van der Waals surface area contributed by atoms with Crippen LogP contribution in [-0.4, -0.2) is 47.2 Å². The first-order valence-electron chi connectivity index (χ1n) is 8.65. The standard InChI is InChI=1S/C19H20N4O2S/c1-14-7-12-26-18(14)19-21-20-16(25-19)13-17(24)23-10-8-22(9-11-23)15-5-3-2-4-6-15/h2-7,12H,8-11,13H2,1H3. The zero-order valence-electron chi connectivity index (χ0n) is 14.6. The number of benzene rings is 1. The number of piperazine rings is 1. The minimum Gasteiger partial charge on any atom is -0.419 e. The number of anilines is 1. The summed E-state index contributed by atoms with van der Waals surface area (Å²) in [6.45, 7) is 5.09. The summed E-state index contributed by atoms with van der Waals surface area (Å²) in [5, 5.41) is 10.1. The van der Waals surface area contributed by atoms with Crippen molar-refractivity contribution in [1.82, 2.24) is 15.1 Å². The van der Waals surface area contributed by atoms with E-state index in [0.717, 1.165) is 23.5 Å². The van der Waals surface area contributed by atoms with Crippen LogP contribution < -0.4 is 4.90 Å². The number of carbonyl (C=O) groups is 1.